The molecule has 1 aromatic carbocycles. The number of hydrogen-bond acceptors (Lipinski definition) is 2. The lowest BCUT2D eigenvalue weighted by molar-refractivity contribution is 0.254. The molecule has 1 atom stereocenters. The number of ether oxygens (including phenoxy) is 1. The van der Waals surface area contributed by atoms with Crippen LogP contribution in [0.3, 0.4) is 0 Å². The number of likely N-dealkylation sites (N-methyl/N-ethyl adjacent to an activating group) is 1. The lowest BCUT2D eigenvalue weighted by atomic mass is 10.2. The van der Waals surface area contributed by atoms with Gasteiger partial charge in [0.15, 0.2) is 0 Å². The molecule has 1 saturated carbocycles. The van der Waals surface area contributed by atoms with Gasteiger partial charge >= 0.3 is 0 Å². The third kappa shape index (κ3) is 2.92. The Labute approximate surface area is 93.6 Å². The first-order chi connectivity index (χ1) is 7.69. The molecule has 2 nitrogen and oxygen atoms in total. The summed E-state index contributed by atoms with van der Waals surface area (Å²) in [5, 5.41) is 3.15. The van der Waals surface area contributed by atoms with Crippen LogP contribution in [-0.2, 0) is 0 Å². The molecule has 0 amide bonds. The Bertz CT molecular complexity index is 346. The first-order valence-corrected chi connectivity index (χ1v) is 5.45. The zero-order valence-electron chi connectivity index (χ0n) is 9.17. The maximum Gasteiger partial charge on any atom is 0.129 e. The molecular weight excluding hydrogens is 212 g/mol. The molecule has 0 saturated heterocycles. The van der Waals surface area contributed by atoms with Gasteiger partial charge in [0.2, 0.25) is 0 Å². The summed E-state index contributed by atoms with van der Waals surface area (Å²) in [6, 6.07) is 3.50. The predicted octanol–water partition coefficient (Wildman–Crippen LogP) is 2.34. The summed E-state index contributed by atoms with van der Waals surface area (Å²) in [6.07, 6.45) is 2.40. The van der Waals surface area contributed by atoms with E-state index in [0.717, 1.165) is 6.07 Å². The normalized spacial score (nSPS) is 17.2. The summed E-state index contributed by atoms with van der Waals surface area (Å²) in [6.45, 7) is 0.448. The van der Waals surface area contributed by atoms with E-state index in [9.17, 15) is 8.78 Å². The second-order valence-corrected chi connectivity index (χ2v) is 4.15. The van der Waals surface area contributed by atoms with E-state index in [4.69, 9.17) is 4.74 Å². The Kier molecular flexibility index (Phi) is 3.39. The fraction of sp³-hybridized carbons (Fsp3) is 0.500. The van der Waals surface area contributed by atoms with Gasteiger partial charge in [-0.05, 0) is 25.8 Å². The highest BCUT2D eigenvalue weighted by Gasteiger charge is 2.30. The number of nitrogens with one attached hydrogen (secondary N) is 1. The highest BCUT2D eigenvalue weighted by Crippen LogP contribution is 2.32. The summed E-state index contributed by atoms with van der Waals surface area (Å²) >= 11 is 0. The van der Waals surface area contributed by atoms with E-state index in [1.54, 1.807) is 0 Å². The van der Waals surface area contributed by atoms with Crippen molar-refractivity contribution >= 4 is 0 Å². The van der Waals surface area contributed by atoms with Crippen molar-refractivity contribution in [3.63, 3.8) is 0 Å². The van der Waals surface area contributed by atoms with Gasteiger partial charge in [-0.2, -0.15) is 0 Å². The zero-order valence-corrected chi connectivity index (χ0v) is 9.17. The lowest BCUT2D eigenvalue weighted by Gasteiger charge is -2.16. The van der Waals surface area contributed by atoms with Gasteiger partial charge < -0.3 is 10.1 Å². The van der Waals surface area contributed by atoms with Crippen LogP contribution < -0.4 is 10.1 Å². The van der Waals surface area contributed by atoms with E-state index in [2.05, 4.69) is 5.32 Å². The van der Waals surface area contributed by atoms with Crippen LogP contribution in [0.2, 0.25) is 0 Å². The van der Waals surface area contributed by atoms with Crippen LogP contribution >= 0.6 is 0 Å². The van der Waals surface area contributed by atoms with Crippen LogP contribution in [-0.4, -0.2) is 19.7 Å². The second-order valence-electron chi connectivity index (χ2n) is 4.15. The molecule has 0 heterocycles. The van der Waals surface area contributed by atoms with E-state index in [-0.39, 0.29) is 11.8 Å². The Hall–Kier alpha value is -1.16. The van der Waals surface area contributed by atoms with Gasteiger partial charge in [-0.25, -0.2) is 8.78 Å². The van der Waals surface area contributed by atoms with Crippen LogP contribution in [0.1, 0.15) is 12.8 Å². The molecule has 1 unspecified atom stereocenters. The van der Waals surface area contributed by atoms with Gasteiger partial charge in [-0.3, -0.25) is 0 Å². The first kappa shape index (κ1) is 11.3. The SMILES string of the molecule is CNC(COc1cc(F)cc(F)c1)C1CC1. The van der Waals surface area contributed by atoms with Gasteiger partial charge in [-0.1, -0.05) is 0 Å². The molecular formula is C12H15F2NO. The van der Waals surface area contributed by atoms with E-state index in [1.807, 2.05) is 7.05 Å². The van der Waals surface area contributed by atoms with Crippen LogP contribution in [0.4, 0.5) is 8.78 Å². The number of hydrogen-bond donors (Lipinski definition) is 1. The number of rotatable bonds is 5. The molecule has 4 heteroatoms. The number of benzene rings is 1. The maximum absolute atomic E-state index is 12.9. The number of halogens is 2. The topological polar surface area (TPSA) is 21.3 Å². The zero-order chi connectivity index (χ0) is 11.5. The van der Waals surface area contributed by atoms with Crippen molar-refractivity contribution in [2.45, 2.75) is 18.9 Å². The lowest BCUT2D eigenvalue weighted by Crippen LogP contribution is -2.33. The second kappa shape index (κ2) is 4.78. The quantitative estimate of drug-likeness (QED) is 0.833. The molecule has 1 fully saturated rings. The van der Waals surface area contributed by atoms with Crippen molar-refractivity contribution in [2.75, 3.05) is 13.7 Å². The summed E-state index contributed by atoms with van der Waals surface area (Å²) < 4.78 is 31.1. The van der Waals surface area contributed by atoms with Crippen LogP contribution in [0, 0.1) is 17.6 Å². The van der Waals surface area contributed by atoms with Crippen molar-refractivity contribution < 1.29 is 13.5 Å². The highest BCUT2D eigenvalue weighted by atomic mass is 19.1. The van der Waals surface area contributed by atoms with Crippen molar-refractivity contribution in [3.05, 3.63) is 29.8 Å². The molecule has 1 aliphatic carbocycles. The third-order valence-corrected chi connectivity index (χ3v) is 2.83. The molecule has 16 heavy (non-hydrogen) atoms. The van der Waals surface area contributed by atoms with Crippen molar-refractivity contribution in [1.29, 1.82) is 0 Å². The summed E-state index contributed by atoms with van der Waals surface area (Å²) in [4.78, 5) is 0. The van der Waals surface area contributed by atoms with Crippen molar-refractivity contribution in [3.8, 4) is 5.75 Å². The average molecular weight is 227 g/mol. The summed E-state index contributed by atoms with van der Waals surface area (Å²) in [5.41, 5.74) is 0. The molecule has 0 spiro atoms. The Morgan fingerprint density at radius 3 is 2.44 bits per heavy atom. The largest absolute Gasteiger partial charge is 0.492 e. The summed E-state index contributed by atoms with van der Waals surface area (Å²) in [5.74, 6) is -0.327. The van der Waals surface area contributed by atoms with Gasteiger partial charge in [0.1, 0.15) is 24.0 Å². The van der Waals surface area contributed by atoms with Gasteiger partial charge in [0, 0.05) is 24.2 Å². The smallest absolute Gasteiger partial charge is 0.129 e. The molecule has 88 valence electrons. The Morgan fingerprint density at radius 2 is 1.94 bits per heavy atom. The molecule has 1 aliphatic rings. The fourth-order valence-electron chi connectivity index (χ4n) is 1.75. The minimum atomic E-state index is -0.609. The fourth-order valence-corrected chi connectivity index (χ4v) is 1.75. The van der Waals surface area contributed by atoms with Gasteiger partial charge in [0.25, 0.3) is 0 Å². The van der Waals surface area contributed by atoms with Crippen molar-refractivity contribution in [1.82, 2.24) is 5.32 Å². The third-order valence-electron chi connectivity index (χ3n) is 2.83. The van der Waals surface area contributed by atoms with Gasteiger partial charge in [0.05, 0.1) is 0 Å². The molecule has 0 bridgehead atoms. The molecule has 1 aromatic rings. The van der Waals surface area contributed by atoms with E-state index in [0.29, 0.717) is 12.5 Å². The van der Waals surface area contributed by atoms with E-state index >= 15 is 0 Å². The van der Waals surface area contributed by atoms with Crippen molar-refractivity contribution in [2.24, 2.45) is 5.92 Å². The maximum atomic E-state index is 12.9. The summed E-state index contributed by atoms with van der Waals surface area (Å²) in [7, 11) is 1.87. The molecule has 1 N–H and O–H groups in total. The predicted molar refractivity (Wildman–Crippen MR) is 57.4 cm³/mol. The molecule has 0 radical (unpaired) electrons. The Balaban J connectivity index is 1.92. The van der Waals surface area contributed by atoms with Crippen LogP contribution in [0.5, 0.6) is 5.75 Å². The van der Waals surface area contributed by atoms with E-state index in [1.165, 1.54) is 25.0 Å². The molecule has 0 aliphatic heterocycles. The minimum Gasteiger partial charge on any atom is -0.492 e. The average Bonchev–Trinajstić information content (AvgIpc) is 3.01. The molecule has 2 rings (SSSR count). The van der Waals surface area contributed by atoms with Crippen LogP contribution in [0.25, 0.3) is 0 Å². The highest BCUT2D eigenvalue weighted by molar-refractivity contribution is 5.23. The van der Waals surface area contributed by atoms with Gasteiger partial charge in [-0.15, -0.1) is 0 Å². The van der Waals surface area contributed by atoms with E-state index < -0.39 is 11.6 Å². The monoisotopic (exact) mass is 227 g/mol. The molecule has 0 aromatic heterocycles. The standard InChI is InChI=1S/C12H15F2NO/c1-15-12(8-2-3-8)7-16-11-5-9(13)4-10(14)6-11/h4-6,8,12,15H,2-3,7H2,1H3. The first-order valence-electron chi connectivity index (χ1n) is 5.45. The Morgan fingerprint density at radius 1 is 1.31 bits per heavy atom. The minimum absolute atomic E-state index is 0.249. The van der Waals surface area contributed by atoms with Crippen LogP contribution in [0.15, 0.2) is 18.2 Å².